The number of likely N-dealkylation sites (N-methyl/N-ethyl adjacent to an activating group) is 1. The molecule has 2 heterocycles. The Balaban J connectivity index is 1.51. The van der Waals surface area contributed by atoms with Crippen molar-refractivity contribution in [3.05, 3.63) is 35.4 Å². The van der Waals surface area contributed by atoms with Gasteiger partial charge in [0.15, 0.2) is 0 Å². The van der Waals surface area contributed by atoms with E-state index in [4.69, 9.17) is 0 Å². The Kier molecular flexibility index (Phi) is 5.63. The van der Waals surface area contributed by atoms with Crippen LogP contribution in [0.2, 0.25) is 18.0 Å². The first kappa shape index (κ1) is 16.1. The first-order valence-corrected chi connectivity index (χ1v) is 9.45. The summed E-state index contributed by atoms with van der Waals surface area (Å²) in [7, 11) is 4.30. The summed E-state index contributed by atoms with van der Waals surface area (Å²) in [5.74, 6) is 2.12. The van der Waals surface area contributed by atoms with Crippen molar-refractivity contribution in [2.45, 2.75) is 69.3 Å². The number of hydrogen-bond acceptors (Lipinski definition) is 1. The molecule has 0 atom stereocenters. The van der Waals surface area contributed by atoms with Crippen LogP contribution in [0.1, 0.15) is 49.7 Å². The van der Waals surface area contributed by atoms with E-state index < -0.39 is 0 Å². The molecule has 2 aliphatic rings. The summed E-state index contributed by atoms with van der Waals surface area (Å²) in [6.45, 7) is 2.18. The Morgan fingerprint density at radius 2 is 1.36 bits per heavy atom. The van der Waals surface area contributed by atoms with E-state index in [1.807, 2.05) is 0 Å². The average Bonchev–Trinajstić information content (AvgIpc) is 2.51. The van der Waals surface area contributed by atoms with Crippen LogP contribution in [0.5, 0.6) is 0 Å². The molecule has 2 fully saturated rings. The van der Waals surface area contributed by atoms with Gasteiger partial charge in [0.1, 0.15) is 6.71 Å². The van der Waals surface area contributed by atoms with E-state index in [0.29, 0.717) is 0 Å². The van der Waals surface area contributed by atoms with Gasteiger partial charge in [-0.3, -0.25) is 0 Å². The molecule has 2 aliphatic heterocycles. The SMILES string of the molecule is CN(C)CCc1ccc(CCB2C3CCCC2CCC3)cc1. The number of hydrogen-bond donors (Lipinski definition) is 0. The van der Waals surface area contributed by atoms with Gasteiger partial charge in [-0.2, -0.15) is 0 Å². The third-order valence-electron chi connectivity index (χ3n) is 6.15. The van der Waals surface area contributed by atoms with Crippen molar-refractivity contribution in [1.29, 1.82) is 0 Å². The van der Waals surface area contributed by atoms with Gasteiger partial charge in [-0.25, -0.2) is 0 Å². The summed E-state index contributed by atoms with van der Waals surface area (Å²) in [5, 5.41) is 0. The third kappa shape index (κ3) is 4.16. The summed E-state index contributed by atoms with van der Waals surface area (Å²) < 4.78 is 0. The Bertz CT molecular complexity index is 431. The molecule has 0 radical (unpaired) electrons. The van der Waals surface area contributed by atoms with Crippen LogP contribution in [0.25, 0.3) is 0 Å². The van der Waals surface area contributed by atoms with Gasteiger partial charge in [0.2, 0.25) is 0 Å². The molecule has 1 nitrogen and oxygen atoms in total. The zero-order valence-electron chi connectivity index (χ0n) is 14.6. The third-order valence-corrected chi connectivity index (χ3v) is 6.15. The van der Waals surface area contributed by atoms with Crippen molar-refractivity contribution < 1.29 is 0 Å². The molecule has 0 saturated carbocycles. The van der Waals surface area contributed by atoms with Gasteiger partial charge in [0, 0.05) is 6.54 Å². The van der Waals surface area contributed by atoms with E-state index in [0.717, 1.165) is 24.9 Å². The van der Waals surface area contributed by atoms with Crippen molar-refractivity contribution in [3.8, 4) is 0 Å². The van der Waals surface area contributed by atoms with Crippen molar-refractivity contribution in [2.75, 3.05) is 20.6 Å². The maximum atomic E-state index is 2.38. The highest BCUT2D eigenvalue weighted by Gasteiger charge is 2.38. The van der Waals surface area contributed by atoms with Crippen molar-refractivity contribution in [1.82, 2.24) is 4.90 Å². The zero-order valence-corrected chi connectivity index (χ0v) is 14.6. The molecule has 0 N–H and O–H groups in total. The normalized spacial score (nSPS) is 24.8. The van der Waals surface area contributed by atoms with Crippen LogP contribution in [-0.2, 0) is 12.8 Å². The zero-order chi connectivity index (χ0) is 15.4. The molecule has 0 amide bonds. The number of rotatable bonds is 6. The summed E-state index contributed by atoms with van der Waals surface area (Å²) in [4.78, 5) is 2.26. The van der Waals surface area contributed by atoms with E-state index in [9.17, 15) is 0 Å². The lowest BCUT2D eigenvalue weighted by Gasteiger charge is -2.40. The van der Waals surface area contributed by atoms with Crippen LogP contribution in [0.15, 0.2) is 24.3 Å². The van der Waals surface area contributed by atoms with Crippen LogP contribution in [-0.4, -0.2) is 32.3 Å². The van der Waals surface area contributed by atoms with Crippen LogP contribution in [0.4, 0.5) is 0 Å². The predicted molar refractivity (Wildman–Crippen MR) is 98.2 cm³/mol. The molecule has 0 aromatic heterocycles. The second-order valence-electron chi connectivity index (χ2n) is 7.95. The molecule has 1 aromatic rings. The minimum Gasteiger partial charge on any atom is -0.309 e. The Labute approximate surface area is 137 Å². The fraction of sp³-hybridized carbons (Fsp3) is 0.700. The largest absolute Gasteiger partial charge is 0.309 e. The van der Waals surface area contributed by atoms with E-state index >= 15 is 0 Å². The van der Waals surface area contributed by atoms with Gasteiger partial charge in [-0.05, 0) is 38.1 Å². The molecule has 0 aliphatic carbocycles. The number of aryl methyl sites for hydroxylation is 1. The number of nitrogens with zero attached hydrogens (tertiary/aromatic N) is 1. The van der Waals surface area contributed by atoms with Crippen molar-refractivity contribution in [3.63, 3.8) is 0 Å². The summed E-state index contributed by atoms with van der Waals surface area (Å²) in [6.07, 6.45) is 13.0. The molecule has 0 unspecified atom stereocenters. The molecule has 3 rings (SSSR count). The van der Waals surface area contributed by atoms with Crippen molar-refractivity contribution in [2.24, 2.45) is 0 Å². The molecule has 1 aromatic carbocycles. The fourth-order valence-electron chi connectivity index (χ4n) is 4.84. The lowest BCUT2D eigenvalue weighted by molar-refractivity contribution is 0.413. The summed E-state index contributed by atoms with van der Waals surface area (Å²) >= 11 is 0. The van der Waals surface area contributed by atoms with Crippen LogP contribution in [0, 0.1) is 0 Å². The highest BCUT2D eigenvalue weighted by molar-refractivity contribution is 6.62. The molecule has 120 valence electrons. The molecular formula is C20H32BN. The Hall–Kier alpha value is -0.755. The average molecular weight is 297 g/mol. The highest BCUT2D eigenvalue weighted by Crippen LogP contribution is 2.47. The first-order chi connectivity index (χ1) is 10.7. The Morgan fingerprint density at radius 1 is 0.864 bits per heavy atom. The van der Waals surface area contributed by atoms with E-state index in [2.05, 4.69) is 43.3 Å². The second-order valence-corrected chi connectivity index (χ2v) is 7.95. The maximum absolute atomic E-state index is 2.38. The fourth-order valence-corrected chi connectivity index (χ4v) is 4.84. The minimum absolute atomic E-state index is 1.04. The second kappa shape index (κ2) is 7.68. The predicted octanol–water partition coefficient (Wildman–Crippen LogP) is 4.94. The van der Waals surface area contributed by atoms with E-state index in [1.54, 1.807) is 5.56 Å². The highest BCUT2D eigenvalue weighted by atomic mass is 15.0. The molecule has 2 bridgehead atoms. The van der Waals surface area contributed by atoms with E-state index in [-0.39, 0.29) is 0 Å². The molecule has 2 saturated heterocycles. The molecule has 2 heteroatoms. The summed E-state index contributed by atoms with van der Waals surface area (Å²) in [6, 6.07) is 9.45. The van der Waals surface area contributed by atoms with Crippen molar-refractivity contribution >= 4 is 6.71 Å². The molecular weight excluding hydrogens is 265 g/mol. The standard InChI is InChI=1S/C20H32BN/c1-22(2)16-14-18-11-9-17(10-12-18)13-15-21-19-5-3-6-20(21)8-4-7-19/h9-12,19-20H,3-8,13-16H2,1-2H3. The van der Waals surface area contributed by atoms with Crippen LogP contribution < -0.4 is 0 Å². The van der Waals surface area contributed by atoms with Gasteiger partial charge < -0.3 is 4.90 Å². The minimum atomic E-state index is 1.04. The van der Waals surface area contributed by atoms with Gasteiger partial charge in [0.05, 0.1) is 0 Å². The number of benzene rings is 1. The maximum Gasteiger partial charge on any atom is 0.146 e. The molecule has 0 spiro atoms. The topological polar surface area (TPSA) is 3.24 Å². The van der Waals surface area contributed by atoms with E-state index in [1.165, 1.54) is 63.3 Å². The Morgan fingerprint density at radius 3 is 1.86 bits per heavy atom. The number of fused-ring (bicyclic) bond motifs is 2. The van der Waals surface area contributed by atoms with Gasteiger partial charge in [-0.1, -0.05) is 80.7 Å². The lowest BCUT2D eigenvalue weighted by atomic mass is 9.25. The monoisotopic (exact) mass is 297 g/mol. The summed E-state index contributed by atoms with van der Waals surface area (Å²) in [5.41, 5.74) is 3.03. The first-order valence-electron chi connectivity index (χ1n) is 9.45. The van der Waals surface area contributed by atoms with Crippen LogP contribution in [0.3, 0.4) is 0 Å². The van der Waals surface area contributed by atoms with Gasteiger partial charge >= 0.3 is 0 Å². The van der Waals surface area contributed by atoms with Crippen LogP contribution >= 0.6 is 0 Å². The quantitative estimate of drug-likeness (QED) is 0.672. The molecule has 22 heavy (non-hydrogen) atoms. The van der Waals surface area contributed by atoms with Gasteiger partial charge in [0.25, 0.3) is 0 Å². The smallest absolute Gasteiger partial charge is 0.146 e. The lowest BCUT2D eigenvalue weighted by Crippen LogP contribution is -2.34. The van der Waals surface area contributed by atoms with Gasteiger partial charge in [-0.15, -0.1) is 0 Å².